The van der Waals surface area contributed by atoms with Crippen molar-refractivity contribution in [1.82, 2.24) is 9.80 Å². The molecule has 1 aliphatic rings. The lowest BCUT2D eigenvalue weighted by Gasteiger charge is -2.27. The summed E-state index contributed by atoms with van der Waals surface area (Å²) in [6, 6.07) is 5.63. The molecule has 8 heteroatoms. The summed E-state index contributed by atoms with van der Waals surface area (Å²) in [4.78, 5) is 32.2. The summed E-state index contributed by atoms with van der Waals surface area (Å²) in [5, 5.41) is 0. The number of hydrogen-bond acceptors (Lipinski definition) is 7. The number of ether oxygens (including phenoxy) is 2. The molecule has 2 rings (SSSR count). The van der Waals surface area contributed by atoms with Gasteiger partial charge >= 0.3 is 5.97 Å². The number of carbonyl (C=O) groups excluding carboxylic acids is 2. The van der Waals surface area contributed by atoms with Crippen LogP contribution in [0.2, 0.25) is 0 Å². The number of aliphatic imine (C=N–C) groups is 1. The maximum atomic E-state index is 12.2. The smallest absolute Gasteiger partial charge is 0.325 e. The second-order valence-corrected chi connectivity index (χ2v) is 8.99. The molecule has 8 nitrogen and oxygen atoms in total. The van der Waals surface area contributed by atoms with Crippen molar-refractivity contribution < 1.29 is 19.1 Å². The molecule has 2 N–H and O–H groups in total. The Balaban J connectivity index is 1.80. The average molecular weight is 461 g/mol. The van der Waals surface area contributed by atoms with Crippen LogP contribution in [0.5, 0.6) is 5.75 Å². The fraction of sp³-hybridized carbons (Fsp3) is 0.640. The lowest BCUT2D eigenvalue weighted by atomic mass is 10.1. The summed E-state index contributed by atoms with van der Waals surface area (Å²) in [5.74, 6) is 1.34. The number of amides is 1. The van der Waals surface area contributed by atoms with Crippen molar-refractivity contribution in [3.8, 4) is 5.75 Å². The zero-order chi connectivity index (χ0) is 24.2. The van der Waals surface area contributed by atoms with E-state index >= 15 is 0 Å². The highest BCUT2D eigenvalue weighted by molar-refractivity contribution is 5.87. The van der Waals surface area contributed by atoms with Crippen molar-refractivity contribution in [2.45, 2.75) is 65.8 Å². The first-order valence-corrected chi connectivity index (χ1v) is 12.0. The number of rotatable bonds is 14. The van der Waals surface area contributed by atoms with E-state index < -0.39 is 0 Å². The lowest BCUT2D eigenvalue weighted by Crippen LogP contribution is -2.42. The standard InChI is InChI=1S/C25H40N4O4/c1-5-6-7-13-28(4)23(30)9-8-14-32-21-10-11-22-20(16-21)17-29(25(26)27-22)18-24(31)33-15-12-19(2)3/h10-11,16,19H,5-9,12-15,17-18H2,1-4H3,(H2,26,27). The first-order valence-electron chi connectivity index (χ1n) is 12.0. The highest BCUT2D eigenvalue weighted by Gasteiger charge is 2.21. The van der Waals surface area contributed by atoms with Crippen molar-refractivity contribution >= 4 is 23.5 Å². The Morgan fingerprint density at radius 2 is 2.00 bits per heavy atom. The molecule has 0 bridgehead atoms. The number of nitrogens with two attached hydrogens (primary N) is 1. The summed E-state index contributed by atoms with van der Waals surface area (Å²) in [5.41, 5.74) is 7.75. The molecule has 0 saturated heterocycles. The number of carbonyl (C=O) groups is 2. The third-order valence-electron chi connectivity index (χ3n) is 5.58. The molecule has 0 spiro atoms. The molecule has 33 heavy (non-hydrogen) atoms. The van der Waals surface area contributed by atoms with Crippen LogP contribution in [-0.2, 0) is 20.9 Å². The Morgan fingerprint density at radius 3 is 2.73 bits per heavy atom. The Hall–Kier alpha value is -2.77. The SMILES string of the molecule is CCCCCN(C)C(=O)CCCOc1ccc2c(c1)CN(CC(=O)OCCC(C)C)C(N)=N2. The molecule has 1 aromatic carbocycles. The number of esters is 1. The van der Waals surface area contributed by atoms with E-state index in [9.17, 15) is 9.59 Å². The fourth-order valence-electron chi connectivity index (χ4n) is 3.44. The first kappa shape index (κ1) is 26.5. The Labute approximate surface area is 198 Å². The van der Waals surface area contributed by atoms with Crippen LogP contribution in [0.25, 0.3) is 0 Å². The Bertz CT molecular complexity index is 810. The van der Waals surface area contributed by atoms with Gasteiger partial charge in [0, 0.05) is 32.1 Å². The molecule has 0 radical (unpaired) electrons. The molecular weight excluding hydrogens is 420 g/mol. The van der Waals surface area contributed by atoms with Gasteiger partial charge < -0.3 is 25.0 Å². The molecule has 184 valence electrons. The Kier molecular flexibility index (Phi) is 11.0. The minimum Gasteiger partial charge on any atom is -0.494 e. The Morgan fingerprint density at radius 1 is 1.21 bits per heavy atom. The van der Waals surface area contributed by atoms with Crippen LogP contribution < -0.4 is 10.5 Å². The highest BCUT2D eigenvalue weighted by Crippen LogP contribution is 2.29. The molecule has 0 aromatic heterocycles. The number of unbranched alkanes of at least 4 members (excludes halogenated alkanes) is 2. The largest absolute Gasteiger partial charge is 0.494 e. The maximum absolute atomic E-state index is 12.2. The van der Waals surface area contributed by atoms with Crippen LogP contribution in [0.3, 0.4) is 0 Å². The van der Waals surface area contributed by atoms with Gasteiger partial charge in [0.2, 0.25) is 5.91 Å². The van der Waals surface area contributed by atoms with Gasteiger partial charge in [0.1, 0.15) is 12.3 Å². The summed E-state index contributed by atoms with van der Waals surface area (Å²) >= 11 is 0. The van der Waals surface area contributed by atoms with Crippen LogP contribution in [0.15, 0.2) is 23.2 Å². The minimum atomic E-state index is -0.311. The molecular formula is C25H40N4O4. The van der Waals surface area contributed by atoms with Crippen LogP contribution in [0.1, 0.15) is 64.9 Å². The number of guanidine groups is 1. The van der Waals surface area contributed by atoms with E-state index in [0.29, 0.717) is 50.2 Å². The van der Waals surface area contributed by atoms with Crippen molar-refractivity contribution in [3.63, 3.8) is 0 Å². The molecule has 0 aliphatic carbocycles. The molecule has 1 heterocycles. The third kappa shape index (κ3) is 9.32. The van der Waals surface area contributed by atoms with E-state index in [2.05, 4.69) is 25.8 Å². The van der Waals surface area contributed by atoms with E-state index in [1.54, 1.807) is 9.80 Å². The normalized spacial score (nSPS) is 12.9. The predicted molar refractivity (Wildman–Crippen MR) is 130 cm³/mol. The van der Waals surface area contributed by atoms with Crippen molar-refractivity contribution in [1.29, 1.82) is 0 Å². The van der Waals surface area contributed by atoms with E-state index in [0.717, 1.165) is 43.5 Å². The number of benzene rings is 1. The zero-order valence-corrected chi connectivity index (χ0v) is 20.6. The number of fused-ring (bicyclic) bond motifs is 1. The summed E-state index contributed by atoms with van der Waals surface area (Å²) in [6.07, 6.45) is 5.30. The topological polar surface area (TPSA) is 97.5 Å². The summed E-state index contributed by atoms with van der Waals surface area (Å²) in [7, 11) is 1.86. The fourth-order valence-corrected chi connectivity index (χ4v) is 3.44. The van der Waals surface area contributed by atoms with E-state index in [1.165, 1.54) is 0 Å². The van der Waals surface area contributed by atoms with Crippen molar-refractivity contribution in [3.05, 3.63) is 23.8 Å². The van der Waals surface area contributed by atoms with E-state index in [4.69, 9.17) is 15.2 Å². The van der Waals surface area contributed by atoms with Gasteiger partial charge in [0.05, 0.1) is 18.9 Å². The molecule has 0 atom stereocenters. The monoisotopic (exact) mass is 460 g/mol. The quantitative estimate of drug-likeness (QED) is 0.335. The molecule has 0 unspecified atom stereocenters. The van der Waals surface area contributed by atoms with Crippen molar-refractivity contribution in [2.75, 3.05) is 33.4 Å². The van der Waals surface area contributed by atoms with Gasteiger partial charge in [-0.2, -0.15) is 0 Å². The van der Waals surface area contributed by atoms with Crippen LogP contribution in [-0.4, -0.2) is 61.0 Å². The molecule has 0 fully saturated rings. The van der Waals surface area contributed by atoms with Gasteiger partial charge in [-0.1, -0.05) is 33.6 Å². The molecule has 1 aliphatic heterocycles. The van der Waals surface area contributed by atoms with Crippen LogP contribution in [0, 0.1) is 5.92 Å². The number of hydrogen-bond donors (Lipinski definition) is 1. The number of nitrogens with zero attached hydrogens (tertiary/aromatic N) is 3. The van der Waals surface area contributed by atoms with Gasteiger partial charge in [-0.15, -0.1) is 0 Å². The third-order valence-corrected chi connectivity index (χ3v) is 5.58. The predicted octanol–water partition coefficient (Wildman–Crippen LogP) is 3.85. The van der Waals surface area contributed by atoms with Crippen molar-refractivity contribution in [2.24, 2.45) is 16.6 Å². The van der Waals surface area contributed by atoms with E-state index in [-0.39, 0.29) is 18.4 Å². The summed E-state index contributed by atoms with van der Waals surface area (Å²) in [6.45, 7) is 8.53. The lowest BCUT2D eigenvalue weighted by molar-refractivity contribution is -0.144. The minimum absolute atomic E-state index is 0.0613. The second kappa shape index (κ2) is 13.7. The molecule has 1 amide bonds. The van der Waals surface area contributed by atoms with E-state index in [1.807, 2.05) is 25.2 Å². The van der Waals surface area contributed by atoms with Gasteiger partial charge in [0.15, 0.2) is 5.96 Å². The second-order valence-electron chi connectivity index (χ2n) is 8.99. The maximum Gasteiger partial charge on any atom is 0.325 e. The van der Waals surface area contributed by atoms with Gasteiger partial charge in [0.25, 0.3) is 0 Å². The highest BCUT2D eigenvalue weighted by atomic mass is 16.5. The van der Waals surface area contributed by atoms with Gasteiger partial charge in [-0.3, -0.25) is 9.59 Å². The van der Waals surface area contributed by atoms with Gasteiger partial charge in [-0.25, -0.2) is 4.99 Å². The summed E-state index contributed by atoms with van der Waals surface area (Å²) < 4.78 is 11.2. The average Bonchev–Trinajstić information content (AvgIpc) is 2.77. The molecule has 0 saturated carbocycles. The first-order chi connectivity index (χ1) is 15.8. The van der Waals surface area contributed by atoms with Crippen LogP contribution in [0.4, 0.5) is 5.69 Å². The van der Waals surface area contributed by atoms with Gasteiger partial charge in [-0.05, 0) is 43.4 Å². The molecule has 1 aromatic rings. The zero-order valence-electron chi connectivity index (χ0n) is 20.6. The van der Waals surface area contributed by atoms with Crippen LogP contribution >= 0.6 is 0 Å².